The van der Waals surface area contributed by atoms with Crippen molar-refractivity contribution in [3.8, 4) is 23.3 Å². The maximum Gasteiger partial charge on any atom is 0.422 e. The minimum absolute atomic E-state index is 0.170. The maximum absolute atomic E-state index is 14.9. The monoisotopic (exact) mass is 637 g/mol. The van der Waals surface area contributed by atoms with Gasteiger partial charge in [0.25, 0.3) is 0 Å². The molecule has 0 bridgehead atoms. The van der Waals surface area contributed by atoms with Gasteiger partial charge in [0.1, 0.15) is 11.9 Å². The Hall–Kier alpha value is -4.73. The number of aliphatic hydroxyl groups is 1. The zero-order chi connectivity index (χ0) is 33.1. The highest BCUT2D eigenvalue weighted by Crippen LogP contribution is 2.44. The minimum Gasteiger partial charge on any atom is -0.497 e. The van der Waals surface area contributed by atoms with Gasteiger partial charge in [0.15, 0.2) is 11.5 Å². The molecule has 4 aromatic rings. The Balaban J connectivity index is 1.37. The molecule has 1 aromatic heterocycles. The molecular weight excluding hydrogens is 603 g/mol. The zero-order valence-electron chi connectivity index (χ0n) is 25.4. The smallest absolute Gasteiger partial charge is 0.422 e. The maximum atomic E-state index is 14.9. The fourth-order valence-corrected chi connectivity index (χ4v) is 5.86. The van der Waals surface area contributed by atoms with Crippen molar-refractivity contribution in [1.29, 1.82) is 5.26 Å². The van der Waals surface area contributed by atoms with Crippen molar-refractivity contribution in [1.82, 2.24) is 9.47 Å². The number of aliphatic carboxylic acids is 1. The van der Waals surface area contributed by atoms with E-state index in [-0.39, 0.29) is 43.1 Å². The summed E-state index contributed by atoms with van der Waals surface area (Å²) in [5.41, 5.74) is -1.43. The first-order chi connectivity index (χ1) is 21.9. The normalized spacial score (nSPS) is 15.7. The number of nitriles is 1. The van der Waals surface area contributed by atoms with Crippen LogP contribution in [0.15, 0.2) is 66.9 Å². The van der Waals surface area contributed by atoms with Crippen LogP contribution in [-0.2, 0) is 23.4 Å². The van der Waals surface area contributed by atoms with Crippen molar-refractivity contribution in [3.63, 3.8) is 0 Å². The second-order valence-corrected chi connectivity index (χ2v) is 11.4. The molecular formula is C34H34F3N3O6. The summed E-state index contributed by atoms with van der Waals surface area (Å²) in [5.74, 6) is 0.458. The van der Waals surface area contributed by atoms with Gasteiger partial charge in [0, 0.05) is 43.3 Å². The average Bonchev–Trinajstić information content (AvgIpc) is 3.40. The molecule has 0 radical (unpaired) electrons. The third kappa shape index (κ3) is 6.90. The van der Waals surface area contributed by atoms with Crippen LogP contribution in [0.2, 0.25) is 0 Å². The number of carboxylic acid groups (broad SMARTS) is 1. The third-order valence-corrected chi connectivity index (χ3v) is 8.30. The Labute approximate surface area is 263 Å². The van der Waals surface area contributed by atoms with Crippen LogP contribution in [0.3, 0.4) is 0 Å². The summed E-state index contributed by atoms with van der Waals surface area (Å²) in [7, 11) is 2.99. The Bertz CT molecular complexity index is 1740. The van der Waals surface area contributed by atoms with Crippen LogP contribution < -0.4 is 14.2 Å². The van der Waals surface area contributed by atoms with Crippen LogP contribution >= 0.6 is 0 Å². The summed E-state index contributed by atoms with van der Waals surface area (Å²) >= 11 is 0. The molecule has 242 valence electrons. The number of aromatic nitrogens is 1. The van der Waals surface area contributed by atoms with Gasteiger partial charge in [-0.2, -0.15) is 18.4 Å². The highest BCUT2D eigenvalue weighted by atomic mass is 19.4. The molecule has 1 fully saturated rings. The summed E-state index contributed by atoms with van der Waals surface area (Å²) in [4.78, 5) is 12.6. The minimum atomic E-state index is -5.00. The molecule has 5 rings (SSSR count). The van der Waals surface area contributed by atoms with Gasteiger partial charge < -0.3 is 29.0 Å². The van der Waals surface area contributed by atoms with Crippen molar-refractivity contribution in [3.05, 3.63) is 89.1 Å². The lowest BCUT2D eigenvalue weighted by Crippen LogP contribution is -2.53. The van der Waals surface area contributed by atoms with Crippen LogP contribution in [0, 0.1) is 11.3 Å². The molecule has 1 atom stereocenters. The van der Waals surface area contributed by atoms with Crippen LogP contribution in [0.5, 0.6) is 17.2 Å². The van der Waals surface area contributed by atoms with Gasteiger partial charge in [0.05, 0.1) is 37.8 Å². The first kappa shape index (κ1) is 32.7. The van der Waals surface area contributed by atoms with Crippen molar-refractivity contribution >= 4 is 16.9 Å². The fraction of sp³-hybridized carbons (Fsp3) is 0.353. The van der Waals surface area contributed by atoms with Gasteiger partial charge in [-0.3, -0.25) is 9.69 Å². The van der Waals surface area contributed by atoms with Crippen molar-refractivity contribution in [2.45, 2.75) is 43.7 Å². The lowest BCUT2D eigenvalue weighted by Gasteiger charge is -2.39. The van der Waals surface area contributed by atoms with Crippen molar-refractivity contribution < 1.29 is 42.4 Å². The summed E-state index contributed by atoms with van der Waals surface area (Å²) in [6, 6.07) is 18.5. The van der Waals surface area contributed by atoms with Gasteiger partial charge in [0.2, 0.25) is 5.60 Å². The van der Waals surface area contributed by atoms with Gasteiger partial charge >= 0.3 is 12.1 Å². The molecule has 1 aliphatic heterocycles. The number of hydrogen-bond donors (Lipinski definition) is 2. The number of fused-ring (bicyclic) bond motifs is 1. The number of rotatable bonds is 11. The molecule has 1 unspecified atom stereocenters. The molecule has 2 N–H and O–H groups in total. The van der Waals surface area contributed by atoms with Crippen LogP contribution in [0.4, 0.5) is 13.2 Å². The van der Waals surface area contributed by atoms with E-state index in [1.165, 1.54) is 31.5 Å². The van der Waals surface area contributed by atoms with Gasteiger partial charge in [-0.15, -0.1) is 0 Å². The van der Waals surface area contributed by atoms with E-state index in [0.29, 0.717) is 46.7 Å². The standard InChI is InChI=1S/C34H34F3N3O6/c1-44-25-7-3-22(4-8-25)19-40-20-28(27-9-5-24(18-38)15-29(27)40)33(43,34(35,36)37)21-39-13-11-26(12-14-39)46-30-10-6-23(17-32(41)42)16-31(30)45-2/h3-10,15-16,20,26,43H,11-14,17,19,21H2,1-2H3,(H,41,42). The van der Waals surface area contributed by atoms with Gasteiger partial charge in [-0.1, -0.05) is 24.3 Å². The highest BCUT2D eigenvalue weighted by molar-refractivity contribution is 5.86. The average molecular weight is 638 g/mol. The molecule has 1 saturated heterocycles. The lowest BCUT2D eigenvalue weighted by atomic mass is 9.90. The summed E-state index contributed by atoms with van der Waals surface area (Å²) in [6.45, 7) is 0.0158. The quantitative estimate of drug-likeness (QED) is 0.222. The van der Waals surface area contributed by atoms with Gasteiger partial charge in [-0.05, 0) is 60.4 Å². The van der Waals surface area contributed by atoms with E-state index >= 15 is 0 Å². The molecule has 46 heavy (non-hydrogen) atoms. The summed E-state index contributed by atoms with van der Waals surface area (Å²) in [6.07, 6.45) is -3.35. The number of carboxylic acids is 1. The number of nitrogens with zero attached hydrogens (tertiary/aromatic N) is 3. The molecule has 0 amide bonds. The number of benzene rings is 3. The summed E-state index contributed by atoms with van der Waals surface area (Å²) < 4.78 is 62.9. The van der Waals surface area contributed by atoms with Crippen molar-refractivity contribution in [2.24, 2.45) is 0 Å². The predicted molar refractivity (Wildman–Crippen MR) is 163 cm³/mol. The van der Waals surface area contributed by atoms with E-state index in [1.807, 2.05) is 6.07 Å². The number of hydrogen-bond acceptors (Lipinski definition) is 7. The summed E-state index contributed by atoms with van der Waals surface area (Å²) in [5, 5.41) is 30.3. The largest absolute Gasteiger partial charge is 0.497 e. The van der Waals surface area contributed by atoms with E-state index in [2.05, 4.69) is 0 Å². The molecule has 0 saturated carbocycles. The molecule has 1 aliphatic rings. The number of carbonyl (C=O) groups is 1. The van der Waals surface area contributed by atoms with E-state index in [1.54, 1.807) is 59.0 Å². The molecule has 0 spiro atoms. The molecule has 0 aliphatic carbocycles. The molecule has 12 heteroatoms. The van der Waals surface area contributed by atoms with Crippen LogP contribution in [0.25, 0.3) is 10.9 Å². The number of methoxy groups -OCH3 is 2. The Morgan fingerprint density at radius 1 is 0.978 bits per heavy atom. The molecule has 3 aromatic carbocycles. The van der Waals surface area contributed by atoms with E-state index < -0.39 is 24.3 Å². The second kappa shape index (κ2) is 13.3. The molecule has 9 nitrogen and oxygen atoms in total. The van der Waals surface area contributed by atoms with E-state index in [9.17, 15) is 28.3 Å². The van der Waals surface area contributed by atoms with Crippen LogP contribution in [-0.4, -0.2) is 71.8 Å². The van der Waals surface area contributed by atoms with E-state index in [4.69, 9.17) is 19.3 Å². The zero-order valence-corrected chi connectivity index (χ0v) is 25.4. The van der Waals surface area contributed by atoms with Crippen molar-refractivity contribution in [2.75, 3.05) is 33.9 Å². The Morgan fingerprint density at radius 3 is 2.28 bits per heavy atom. The topological polar surface area (TPSA) is 117 Å². The third-order valence-electron chi connectivity index (χ3n) is 8.30. The van der Waals surface area contributed by atoms with E-state index in [0.717, 1.165) is 5.56 Å². The number of piperidine rings is 1. The first-order valence-electron chi connectivity index (χ1n) is 14.7. The number of alkyl halides is 3. The highest BCUT2D eigenvalue weighted by Gasteiger charge is 2.57. The second-order valence-electron chi connectivity index (χ2n) is 11.4. The number of likely N-dealkylation sites (tertiary alicyclic amines) is 1. The molecule has 2 heterocycles. The number of halogens is 3. The number of β-amino-alcohol motifs (C(OH)–C–C–N with tert-alkyl or cyclic N) is 1. The lowest BCUT2D eigenvalue weighted by molar-refractivity contribution is -0.272. The number of ether oxygens (including phenoxy) is 3. The Morgan fingerprint density at radius 2 is 1.67 bits per heavy atom. The predicted octanol–water partition coefficient (Wildman–Crippen LogP) is 5.50. The Kier molecular flexibility index (Phi) is 9.46. The van der Waals surface area contributed by atoms with Gasteiger partial charge in [-0.25, -0.2) is 0 Å². The SMILES string of the molecule is COc1ccc(Cn2cc(C(O)(CN3CCC(Oc4ccc(CC(=O)O)cc4OC)CC3)C(F)(F)F)c3ccc(C#N)cc32)cc1. The van der Waals surface area contributed by atoms with Crippen LogP contribution in [0.1, 0.15) is 35.1 Å². The fourth-order valence-electron chi connectivity index (χ4n) is 5.86. The first-order valence-corrected chi connectivity index (χ1v) is 14.7.